The molecule has 0 atom stereocenters. The maximum absolute atomic E-state index is 11.6. The lowest BCUT2D eigenvalue weighted by molar-refractivity contribution is -0.117. The van der Waals surface area contributed by atoms with Gasteiger partial charge in [-0.05, 0) is 47.5 Å². The number of aryl methyl sites for hydroxylation is 2. The van der Waals surface area contributed by atoms with Crippen LogP contribution in [0.3, 0.4) is 0 Å². The first-order valence-corrected chi connectivity index (χ1v) is 10.2. The third-order valence-electron chi connectivity index (χ3n) is 5.19. The Balaban J connectivity index is 0.000000186. The van der Waals surface area contributed by atoms with Gasteiger partial charge in [-0.2, -0.15) is 5.26 Å². The Hall–Kier alpha value is -4.09. The fourth-order valence-electron chi connectivity index (χ4n) is 3.65. The van der Waals surface area contributed by atoms with E-state index in [-0.39, 0.29) is 17.9 Å². The number of methoxy groups -OCH3 is 1. The molecule has 33 heavy (non-hydrogen) atoms. The molecular formula is C24H21ClN4O4. The standard InChI is InChI=1S/C12H7ClN2O2.C12H14N2O2/c1-15-6-9(11(16)12(13)17)8-3-2-7(5-14)4-10(8)15;1-14-7-8(5-12(13)15)10-6-9(16-2)3-4-11(10)14/h2-4,6H,1H3;3-4,6-7H,5H2,1-2H3,(H2,13,15). The molecule has 2 aromatic heterocycles. The Morgan fingerprint density at radius 2 is 1.73 bits per heavy atom. The predicted molar refractivity (Wildman–Crippen MR) is 125 cm³/mol. The summed E-state index contributed by atoms with van der Waals surface area (Å²) in [5.74, 6) is -0.276. The third-order valence-corrected chi connectivity index (χ3v) is 5.36. The van der Waals surface area contributed by atoms with Crippen LogP contribution in [0.2, 0.25) is 0 Å². The van der Waals surface area contributed by atoms with Gasteiger partial charge in [0.1, 0.15) is 5.75 Å². The van der Waals surface area contributed by atoms with Gasteiger partial charge in [-0.15, -0.1) is 0 Å². The summed E-state index contributed by atoms with van der Waals surface area (Å²) in [5.41, 5.74) is 8.68. The Labute approximate surface area is 194 Å². The first-order chi connectivity index (χ1) is 15.7. The number of benzene rings is 2. The highest BCUT2D eigenvalue weighted by Gasteiger charge is 2.19. The number of amides is 1. The number of ether oxygens (including phenoxy) is 1. The van der Waals surface area contributed by atoms with Crippen LogP contribution in [0.25, 0.3) is 21.8 Å². The quantitative estimate of drug-likeness (QED) is 0.276. The summed E-state index contributed by atoms with van der Waals surface area (Å²) in [5, 5.41) is 9.41. The summed E-state index contributed by atoms with van der Waals surface area (Å²) in [6.07, 6.45) is 3.72. The average molecular weight is 465 g/mol. The number of rotatable bonds is 5. The summed E-state index contributed by atoms with van der Waals surface area (Å²) in [4.78, 5) is 33.4. The predicted octanol–water partition coefficient (Wildman–Crippen LogP) is 3.21. The maximum Gasteiger partial charge on any atom is 0.293 e. The van der Waals surface area contributed by atoms with E-state index in [0.29, 0.717) is 16.5 Å². The zero-order valence-electron chi connectivity index (χ0n) is 18.3. The van der Waals surface area contributed by atoms with Gasteiger partial charge in [-0.3, -0.25) is 14.4 Å². The molecule has 0 aliphatic rings. The van der Waals surface area contributed by atoms with Crippen molar-refractivity contribution in [1.82, 2.24) is 9.13 Å². The molecule has 0 unspecified atom stereocenters. The van der Waals surface area contributed by atoms with Crippen LogP contribution in [0.4, 0.5) is 0 Å². The van der Waals surface area contributed by atoms with Crippen molar-refractivity contribution in [2.24, 2.45) is 19.8 Å². The number of nitriles is 1. The minimum atomic E-state index is -1.01. The van der Waals surface area contributed by atoms with E-state index in [1.807, 2.05) is 42.1 Å². The number of Topliss-reactive ketones (excluding diaryl/α,β-unsaturated/α-hetero) is 1. The van der Waals surface area contributed by atoms with E-state index in [9.17, 15) is 14.4 Å². The molecule has 0 radical (unpaired) electrons. The van der Waals surface area contributed by atoms with Crippen LogP contribution < -0.4 is 10.5 Å². The fourth-order valence-corrected chi connectivity index (χ4v) is 3.75. The zero-order chi connectivity index (χ0) is 24.3. The Morgan fingerprint density at radius 1 is 1.03 bits per heavy atom. The number of aromatic nitrogens is 2. The molecule has 4 aromatic rings. The maximum atomic E-state index is 11.6. The molecule has 0 saturated heterocycles. The van der Waals surface area contributed by atoms with Gasteiger partial charge in [0.05, 0.1) is 30.7 Å². The molecule has 4 rings (SSSR count). The largest absolute Gasteiger partial charge is 0.497 e. The lowest BCUT2D eigenvalue weighted by Crippen LogP contribution is -2.13. The van der Waals surface area contributed by atoms with Crippen LogP contribution in [0.1, 0.15) is 21.5 Å². The molecule has 168 valence electrons. The smallest absolute Gasteiger partial charge is 0.293 e. The first kappa shape index (κ1) is 23.6. The SMILES string of the molecule is COc1ccc2c(c1)c(CC(N)=O)cn2C.Cn1cc(C(=O)C(=O)Cl)c2ccc(C#N)cc21. The Morgan fingerprint density at radius 3 is 2.33 bits per heavy atom. The number of nitrogens with two attached hydrogens (primary N) is 1. The second kappa shape index (κ2) is 9.59. The lowest BCUT2D eigenvalue weighted by Gasteiger charge is -2.01. The molecule has 2 heterocycles. The summed E-state index contributed by atoms with van der Waals surface area (Å²) in [6.45, 7) is 0. The van der Waals surface area contributed by atoms with Gasteiger partial charge in [-0.25, -0.2) is 0 Å². The molecule has 2 N–H and O–H groups in total. The van der Waals surface area contributed by atoms with Crippen molar-refractivity contribution in [1.29, 1.82) is 5.26 Å². The summed E-state index contributed by atoms with van der Waals surface area (Å²) >= 11 is 5.18. The van der Waals surface area contributed by atoms with Gasteiger partial charge in [0.2, 0.25) is 11.7 Å². The van der Waals surface area contributed by atoms with Gasteiger partial charge in [0.15, 0.2) is 0 Å². The molecule has 8 nitrogen and oxygen atoms in total. The van der Waals surface area contributed by atoms with Crippen LogP contribution in [0.5, 0.6) is 5.75 Å². The van der Waals surface area contributed by atoms with Crippen LogP contribution in [-0.4, -0.2) is 33.2 Å². The van der Waals surface area contributed by atoms with E-state index >= 15 is 0 Å². The van der Waals surface area contributed by atoms with E-state index in [1.54, 1.807) is 36.9 Å². The Kier molecular flexibility index (Phi) is 6.85. The first-order valence-electron chi connectivity index (χ1n) is 9.79. The van der Waals surface area contributed by atoms with Crippen LogP contribution in [0, 0.1) is 11.3 Å². The van der Waals surface area contributed by atoms with Crippen molar-refractivity contribution in [2.75, 3.05) is 7.11 Å². The second-order valence-corrected chi connectivity index (χ2v) is 7.73. The van der Waals surface area contributed by atoms with Crippen LogP contribution >= 0.6 is 11.6 Å². The normalized spacial score (nSPS) is 10.4. The van der Waals surface area contributed by atoms with Crippen molar-refractivity contribution >= 4 is 50.3 Å². The van der Waals surface area contributed by atoms with Crippen molar-refractivity contribution in [3.05, 3.63) is 65.5 Å². The molecule has 0 aliphatic carbocycles. The molecule has 0 fully saturated rings. The summed E-state index contributed by atoms with van der Waals surface area (Å²) in [6, 6.07) is 12.7. The third kappa shape index (κ3) is 4.89. The number of nitrogens with zero attached hydrogens (tertiary/aromatic N) is 3. The molecule has 2 aromatic carbocycles. The Bertz CT molecular complexity index is 1440. The van der Waals surface area contributed by atoms with Crippen molar-refractivity contribution in [2.45, 2.75) is 6.42 Å². The number of primary amides is 1. The van der Waals surface area contributed by atoms with Crippen molar-refractivity contribution in [3.8, 4) is 11.8 Å². The van der Waals surface area contributed by atoms with E-state index in [2.05, 4.69) is 0 Å². The van der Waals surface area contributed by atoms with Gasteiger partial charge >= 0.3 is 0 Å². The van der Waals surface area contributed by atoms with Crippen LogP contribution in [-0.2, 0) is 30.1 Å². The highest BCUT2D eigenvalue weighted by molar-refractivity contribution is 6.83. The minimum absolute atomic E-state index is 0.254. The van der Waals surface area contributed by atoms with Crippen molar-refractivity contribution < 1.29 is 19.1 Å². The second-order valence-electron chi connectivity index (χ2n) is 7.39. The fraction of sp³-hybridized carbons (Fsp3) is 0.167. The molecule has 0 spiro atoms. The van der Waals surface area contributed by atoms with Gasteiger partial charge < -0.3 is 19.6 Å². The molecule has 0 saturated carbocycles. The zero-order valence-corrected chi connectivity index (χ0v) is 19.0. The number of fused-ring (bicyclic) bond motifs is 2. The molecular weight excluding hydrogens is 444 g/mol. The van der Waals surface area contributed by atoms with E-state index in [0.717, 1.165) is 22.2 Å². The summed E-state index contributed by atoms with van der Waals surface area (Å²) < 4.78 is 8.83. The van der Waals surface area contributed by atoms with Gasteiger partial charge in [0, 0.05) is 48.3 Å². The topological polar surface area (TPSA) is 120 Å². The van der Waals surface area contributed by atoms with E-state index in [4.69, 9.17) is 27.3 Å². The number of ketones is 1. The number of carbonyl (C=O) groups excluding carboxylic acids is 3. The molecule has 0 bridgehead atoms. The molecule has 1 amide bonds. The summed E-state index contributed by atoms with van der Waals surface area (Å²) in [7, 11) is 5.30. The molecule has 9 heteroatoms. The van der Waals surface area contributed by atoms with Crippen LogP contribution in [0.15, 0.2) is 48.8 Å². The molecule has 0 aliphatic heterocycles. The minimum Gasteiger partial charge on any atom is -0.497 e. The van der Waals surface area contributed by atoms with Gasteiger partial charge in [-0.1, -0.05) is 6.07 Å². The monoisotopic (exact) mass is 464 g/mol. The van der Waals surface area contributed by atoms with E-state index < -0.39 is 11.0 Å². The lowest BCUT2D eigenvalue weighted by atomic mass is 10.1. The number of carbonyl (C=O) groups is 3. The number of hydrogen-bond acceptors (Lipinski definition) is 5. The highest BCUT2D eigenvalue weighted by atomic mass is 35.5. The van der Waals surface area contributed by atoms with E-state index in [1.165, 1.54) is 6.20 Å². The average Bonchev–Trinajstić information content (AvgIpc) is 3.28. The van der Waals surface area contributed by atoms with Crippen molar-refractivity contribution in [3.63, 3.8) is 0 Å². The number of halogens is 1. The number of hydrogen-bond donors (Lipinski definition) is 1. The van der Waals surface area contributed by atoms with Gasteiger partial charge in [0.25, 0.3) is 5.24 Å². The highest BCUT2D eigenvalue weighted by Crippen LogP contribution is 2.26.